The number of hydrogen-bond donors (Lipinski definition) is 3. The number of rotatable bonds is 27. The van der Waals surface area contributed by atoms with Crippen molar-refractivity contribution in [2.45, 2.75) is 31.7 Å². The minimum absolute atomic E-state index is 0.0247. The molecular formula is C43H84BrN8O6P41. The number of esters is 1. The quantitative estimate of drug-likeness (QED) is 0.0257. The van der Waals surface area contributed by atoms with Crippen molar-refractivity contribution in [3.8, 4) is 34.0 Å². The van der Waals surface area contributed by atoms with Gasteiger partial charge in [0.25, 0.3) is 0 Å². The molecule has 0 fully saturated rings. The largest absolute Gasteiger partial charge is 0.504 e. The Bertz CT molecular complexity index is 3670. The first-order valence-corrected chi connectivity index (χ1v) is 101. The standard InChI is InChI=1S/C23H22N4O4.C20H17BrN4O2.H23P21.H22P20/c1-13(28)31-12-14-4-6-15(7-5-14)20-22(30-3)21(27(2)26-20)19-10-16-8-9-17(23(24)29)11-18(16)25-19;1-25-18(16-8-13-6-7-14(20(22)27)9-15(13)23-16)19(26)17(24-25)12-4-2-11(10-21)3-5-12;1-12-18(13(2)3)21(19(14(4)5)15(6)7)20(16(8)9)17(10)11;1-12(2)17(11)20(18(13(3)4)14(5)6)19(15(7)8)16(9)10/h4-9,11H,10,12H2,1-3H3,(H2,24,29);2-7,9,26H,8,10H2,1H3,(H2,22,27);12H,1-11H2;1-11H2. The number of carbonyl (C=O) groups excluding carboxylic acids is 3. The van der Waals surface area contributed by atoms with Gasteiger partial charge in [-0.3, -0.25) is 33.7 Å². The monoisotopic (exact) mass is 2160 g/mol. The second-order valence-corrected chi connectivity index (χ2v) is 180. The summed E-state index contributed by atoms with van der Waals surface area (Å²) in [6.45, 7) is 3.03. The Balaban J connectivity index is 0.000000243. The van der Waals surface area contributed by atoms with Crippen molar-refractivity contribution in [3.63, 3.8) is 0 Å². The van der Waals surface area contributed by atoms with Crippen LogP contribution < -0.4 is 16.2 Å². The molecule has 0 saturated heterocycles. The maximum absolute atomic E-state index is 11.5. The number of ether oxygens (including phenoxy) is 2. The number of aromatic nitrogens is 4. The van der Waals surface area contributed by atoms with Gasteiger partial charge < -0.3 is 26.0 Å². The van der Waals surface area contributed by atoms with Crippen molar-refractivity contribution in [1.82, 2.24) is 19.6 Å². The van der Waals surface area contributed by atoms with Crippen LogP contribution in [0.3, 0.4) is 0 Å². The number of halogens is 1. The third kappa shape index (κ3) is 29.9. The molecule has 0 saturated carbocycles. The lowest BCUT2D eigenvalue weighted by molar-refractivity contribution is -0.142. The Hall–Kier alpha value is 10.8. The summed E-state index contributed by atoms with van der Waals surface area (Å²) in [6, 6.07) is 26.0. The van der Waals surface area contributed by atoms with Crippen molar-refractivity contribution >= 4 is 387 Å². The highest BCUT2D eigenvalue weighted by Gasteiger charge is 2.44. The Kier molecular flexibility index (Phi) is 50.8. The molecule has 8 rings (SSSR count). The van der Waals surface area contributed by atoms with Crippen LogP contribution in [0, 0.1) is 0 Å². The molecule has 544 valence electrons. The highest BCUT2D eigenvalue weighted by molar-refractivity contribution is 9.38. The number of alkyl halides is 1. The topological polar surface area (TPSA) is 202 Å². The van der Waals surface area contributed by atoms with Gasteiger partial charge in [0, 0.05) is 61.4 Å². The third-order valence-electron chi connectivity index (χ3n) is 13.0. The highest BCUT2D eigenvalue weighted by atomic mass is 79.9. The van der Waals surface area contributed by atoms with Crippen LogP contribution in [-0.4, -0.2) is 61.0 Å². The lowest BCUT2D eigenvalue weighted by atomic mass is 10.0. The van der Waals surface area contributed by atoms with Crippen LogP contribution >= 0.6 is 346 Å². The molecule has 14 nitrogen and oxygen atoms in total. The van der Waals surface area contributed by atoms with Crippen molar-refractivity contribution in [2.24, 2.45) is 35.5 Å². The predicted molar refractivity (Wildman–Crippen MR) is 570 cm³/mol. The number of hydrogen-bond acceptors (Lipinski definition) is 10. The summed E-state index contributed by atoms with van der Waals surface area (Å²) >= 11 is 3.43. The van der Waals surface area contributed by atoms with Crippen LogP contribution in [0.4, 0.5) is 11.4 Å². The minimum Gasteiger partial charge on any atom is -0.504 e. The molecule has 0 bridgehead atoms. The molecule has 2 aliphatic rings. The number of aliphatic imine (C=N–C) groups is 2. The number of carbonyl (C=O) groups is 3. The SMILES string of the molecule is COc1c(-c2ccc(COC(C)=O)cc2)nn(C)c1C1=Nc2cc(C(N)=O)ccc2C1.Cn1nc(-c2ccc(CBr)cc2)c(O)c1C1=Nc2cc(C(N)=O)ccc2C1.PP(P)P(P)P(P(P(P)P)P(P)P)P(P(P)P)P(P)P.PPP(P(P)P)P(P(P(P)P)P(P)P)P(P(P)P)P(P)P. The van der Waals surface area contributed by atoms with Gasteiger partial charge in [-0.25, -0.2) is 0 Å². The fourth-order valence-corrected chi connectivity index (χ4v) is 488. The zero-order chi connectivity index (χ0) is 74.3. The molecule has 25 atom stereocenters. The molecule has 4 aromatic carbocycles. The predicted octanol–water partition coefficient (Wildman–Crippen LogP) is 29.7. The molecule has 4 heterocycles. The molecule has 0 spiro atoms. The van der Waals surface area contributed by atoms with E-state index in [1.807, 2.05) is 67.7 Å². The van der Waals surface area contributed by atoms with Crippen LogP contribution in [0.1, 0.15) is 61.3 Å². The summed E-state index contributed by atoms with van der Waals surface area (Å²) < 4.78 is 14.2. The molecule has 0 radical (unpaired) electrons. The number of amides is 2. The van der Waals surface area contributed by atoms with E-state index in [-0.39, 0.29) is 144 Å². The molecule has 99 heavy (non-hydrogen) atoms. The second-order valence-electron chi connectivity index (χ2n) is 19.9. The molecule has 2 amide bonds. The first kappa shape index (κ1) is 100. The molecule has 5 N–H and O–H groups in total. The lowest BCUT2D eigenvalue weighted by Crippen LogP contribution is -2.10. The zero-order valence-corrected chi connectivity index (χ0v) is 97.5. The maximum Gasteiger partial charge on any atom is 0.302 e. The summed E-state index contributed by atoms with van der Waals surface area (Å²) in [7, 11) is 75.9. The van der Waals surface area contributed by atoms with Gasteiger partial charge in [-0.1, -0.05) is 84.6 Å². The molecule has 25 unspecified atom stereocenters. The summed E-state index contributed by atoms with van der Waals surface area (Å²) in [5.41, 5.74) is 22.8. The molecular weight excluding hydrogens is 2070 g/mol. The number of aryl methyl sites for hydroxylation is 2. The number of benzene rings is 4. The van der Waals surface area contributed by atoms with E-state index in [2.05, 4.69) is 228 Å². The van der Waals surface area contributed by atoms with Gasteiger partial charge in [-0.15, -0.1) is 196 Å². The first-order valence-electron chi connectivity index (χ1n) is 27.2. The minimum atomic E-state index is -0.487. The summed E-state index contributed by atoms with van der Waals surface area (Å²) in [5, 5.41) is 20.7. The summed E-state index contributed by atoms with van der Waals surface area (Å²) in [5.74, 6) is -0.563. The van der Waals surface area contributed by atoms with E-state index >= 15 is 0 Å². The third-order valence-corrected chi connectivity index (χ3v) is 271. The van der Waals surface area contributed by atoms with Crippen molar-refractivity contribution < 1.29 is 29.0 Å². The zero-order valence-electron chi connectivity index (χ0n) is 53.4. The van der Waals surface area contributed by atoms with E-state index < -0.39 is 11.8 Å². The van der Waals surface area contributed by atoms with Crippen LogP contribution in [-0.2, 0) is 48.4 Å². The number of nitrogens with zero attached hydrogens (tertiary/aromatic N) is 6. The van der Waals surface area contributed by atoms with Gasteiger partial charge in [0.1, 0.15) is 29.4 Å². The van der Waals surface area contributed by atoms with E-state index in [0.29, 0.717) is 58.2 Å². The number of nitrogens with two attached hydrogens (primary N) is 2. The molecule has 2 aliphatic heterocycles. The maximum atomic E-state index is 11.5. The molecule has 2 aromatic heterocycles. The normalized spacial score (nSPS) is 13.7. The van der Waals surface area contributed by atoms with E-state index in [1.165, 1.54) is 6.92 Å². The van der Waals surface area contributed by atoms with Gasteiger partial charge in [-0.05, 0) is 172 Å². The van der Waals surface area contributed by atoms with E-state index in [4.69, 9.17) is 25.9 Å². The average molecular weight is 2160 g/mol. The number of aromatic hydroxyl groups is 1. The number of methoxy groups -OCH3 is 1. The molecule has 6 aromatic rings. The van der Waals surface area contributed by atoms with Crippen LogP contribution in [0.5, 0.6) is 11.5 Å². The highest BCUT2D eigenvalue weighted by Crippen LogP contribution is 3.32. The van der Waals surface area contributed by atoms with Gasteiger partial charge in [0.15, 0.2) is 11.5 Å². The van der Waals surface area contributed by atoms with Gasteiger partial charge in [-0.2, -0.15) is 10.2 Å². The van der Waals surface area contributed by atoms with Gasteiger partial charge >= 0.3 is 5.97 Å². The summed E-state index contributed by atoms with van der Waals surface area (Å²) in [4.78, 5) is 43.2. The fraction of sp³-hybridized carbons (Fsp3) is 0.186. The smallest absolute Gasteiger partial charge is 0.302 e. The van der Waals surface area contributed by atoms with E-state index in [0.717, 1.165) is 63.8 Å². The molecule has 0 aliphatic carbocycles. The van der Waals surface area contributed by atoms with Crippen LogP contribution in [0.2, 0.25) is 0 Å². The Morgan fingerprint density at radius 2 is 0.899 bits per heavy atom. The Morgan fingerprint density at radius 1 is 0.525 bits per heavy atom. The van der Waals surface area contributed by atoms with Crippen molar-refractivity contribution in [2.75, 3.05) is 7.11 Å². The number of primary amides is 2. The van der Waals surface area contributed by atoms with Crippen LogP contribution in [0.25, 0.3) is 22.5 Å². The van der Waals surface area contributed by atoms with E-state index in [9.17, 15) is 19.5 Å². The van der Waals surface area contributed by atoms with Gasteiger partial charge in [0.2, 0.25) is 11.8 Å². The molecule has 56 heteroatoms. The lowest BCUT2D eigenvalue weighted by Gasteiger charge is -2.46. The number of fused-ring (bicyclic) bond motifs is 2. The first-order chi connectivity index (χ1) is 46.4. The Morgan fingerprint density at radius 3 is 1.25 bits per heavy atom. The van der Waals surface area contributed by atoms with E-state index in [1.54, 1.807) is 47.8 Å². The Labute approximate surface area is 666 Å². The second kappa shape index (κ2) is 50.1. The van der Waals surface area contributed by atoms with Gasteiger partial charge in [0.05, 0.1) is 29.9 Å². The van der Waals surface area contributed by atoms with Crippen LogP contribution in [0.15, 0.2) is 94.9 Å². The fourth-order valence-electron chi connectivity index (χ4n) is 8.85. The van der Waals surface area contributed by atoms with Crippen molar-refractivity contribution in [1.29, 1.82) is 0 Å². The van der Waals surface area contributed by atoms with Crippen molar-refractivity contribution in [3.05, 3.63) is 130 Å². The average Bonchev–Trinajstić information content (AvgIpc) is 1.67. The summed E-state index contributed by atoms with van der Waals surface area (Å²) in [6.07, 6.45) is 1.16.